The van der Waals surface area contributed by atoms with Crippen LogP contribution >= 0.6 is 0 Å². The second-order valence-corrected chi connectivity index (χ2v) is 5.06. The molecule has 18 heavy (non-hydrogen) atoms. The number of aliphatic hydroxyl groups excluding tert-OH is 1. The third-order valence-electron chi connectivity index (χ3n) is 3.01. The fraction of sp³-hybridized carbons (Fsp3) is 0.600. The summed E-state index contributed by atoms with van der Waals surface area (Å²) in [6, 6.07) is 6.18. The number of hydrogen-bond donors (Lipinski definition) is 1. The molecule has 3 nitrogen and oxygen atoms in total. The lowest BCUT2D eigenvalue weighted by Gasteiger charge is -2.18. The van der Waals surface area contributed by atoms with E-state index in [2.05, 4.69) is 30.9 Å². The van der Waals surface area contributed by atoms with Crippen molar-refractivity contribution in [1.82, 2.24) is 4.90 Å². The monoisotopic (exact) mass is 251 g/mol. The smallest absolute Gasteiger partial charge is 0.119 e. The van der Waals surface area contributed by atoms with E-state index in [1.54, 1.807) is 0 Å². The lowest BCUT2D eigenvalue weighted by atomic mass is 10.1. The van der Waals surface area contributed by atoms with Gasteiger partial charge in [-0.15, -0.1) is 0 Å². The molecule has 0 radical (unpaired) electrons. The standard InChI is InChI=1S/C15H25NO2/c1-12-6-7-15(10-13(12)2)18-9-5-8-16(4)11-14(3)17/h6-7,10,14,17H,5,8-9,11H2,1-4H3. The van der Waals surface area contributed by atoms with Crippen LogP contribution in [-0.4, -0.2) is 42.9 Å². The van der Waals surface area contributed by atoms with Crippen LogP contribution in [0.2, 0.25) is 0 Å². The first-order chi connectivity index (χ1) is 8.49. The lowest BCUT2D eigenvalue weighted by molar-refractivity contribution is 0.137. The summed E-state index contributed by atoms with van der Waals surface area (Å²) < 4.78 is 5.71. The van der Waals surface area contributed by atoms with Gasteiger partial charge in [-0.2, -0.15) is 0 Å². The Balaban J connectivity index is 2.23. The van der Waals surface area contributed by atoms with E-state index in [4.69, 9.17) is 4.74 Å². The number of nitrogens with zero attached hydrogens (tertiary/aromatic N) is 1. The number of rotatable bonds is 7. The molecule has 1 unspecified atom stereocenters. The van der Waals surface area contributed by atoms with E-state index in [9.17, 15) is 5.11 Å². The highest BCUT2D eigenvalue weighted by molar-refractivity contribution is 5.33. The lowest BCUT2D eigenvalue weighted by Crippen LogP contribution is -2.28. The highest BCUT2D eigenvalue weighted by Gasteiger charge is 2.02. The van der Waals surface area contributed by atoms with Crippen LogP contribution in [-0.2, 0) is 0 Å². The number of aryl methyl sites for hydroxylation is 2. The summed E-state index contributed by atoms with van der Waals surface area (Å²) >= 11 is 0. The molecule has 0 aliphatic carbocycles. The van der Waals surface area contributed by atoms with Gasteiger partial charge in [-0.25, -0.2) is 0 Å². The van der Waals surface area contributed by atoms with Crippen molar-refractivity contribution < 1.29 is 9.84 Å². The van der Waals surface area contributed by atoms with E-state index >= 15 is 0 Å². The Labute approximate surface area is 110 Å². The van der Waals surface area contributed by atoms with Gasteiger partial charge in [-0.3, -0.25) is 0 Å². The van der Waals surface area contributed by atoms with E-state index in [0.29, 0.717) is 13.2 Å². The molecule has 1 rings (SSSR count). The number of ether oxygens (including phenoxy) is 1. The molecular weight excluding hydrogens is 226 g/mol. The molecule has 0 spiro atoms. The second kappa shape index (κ2) is 7.39. The number of hydrogen-bond acceptors (Lipinski definition) is 3. The highest BCUT2D eigenvalue weighted by Crippen LogP contribution is 2.16. The molecule has 0 aromatic heterocycles. The van der Waals surface area contributed by atoms with Crippen LogP contribution in [0.15, 0.2) is 18.2 Å². The number of benzene rings is 1. The average Bonchev–Trinajstić information content (AvgIpc) is 2.28. The van der Waals surface area contributed by atoms with Crippen molar-refractivity contribution >= 4 is 0 Å². The molecular formula is C15H25NO2. The molecule has 102 valence electrons. The van der Waals surface area contributed by atoms with Gasteiger partial charge in [0.2, 0.25) is 0 Å². The number of aliphatic hydroxyl groups is 1. The van der Waals surface area contributed by atoms with Crippen LogP contribution in [0.1, 0.15) is 24.5 Å². The molecule has 1 N–H and O–H groups in total. The van der Waals surface area contributed by atoms with Crippen molar-refractivity contribution in [2.45, 2.75) is 33.3 Å². The van der Waals surface area contributed by atoms with Gasteiger partial charge in [0.15, 0.2) is 0 Å². The second-order valence-electron chi connectivity index (χ2n) is 5.06. The molecule has 0 bridgehead atoms. The molecule has 0 saturated heterocycles. The minimum absolute atomic E-state index is 0.268. The summed E-state index contributed by atoms with van der Waals surface area (Å²) in [6.45, 7) is 8.37. The number of likely N-dealkylation sites (N-methyl/N-ethyl adjacent to an activating group) is 1. The first kappa shape index (κ1) is 15.0. The van der Waals surface area contributed by atoms with Crippen molar-refractivity contribution in [3.8, 4) is 5.75 Å². The zero-order valence-corrected chi connectivity index (χ0v) is 11.9. The molecule has 0 aliphatic heterocycles. The van der Waals surface area contributed by atoms with Gasteiger partial charge < -0.3 is 14.7 Å². The normalized spacial score (nSPS) is 12.8. The van der Waals surface area contributed by atoms with Gasteiger partial charge in [0.1, 0.15) is 5.75 Å². The summed E-state index contributed by atoms with van der Waals surface area (Å²) in [5, 5.41) is 9.24. The molecule has 0 saturated carbocycles. The maximum atomic E-state index is 9.24. The summed E-state index contributed by atoms with van der Waals surface area (Å²) in [4.78, 5) is 2.12. The third-order valence-corrected chi connectivity index (χ3v) is 3.01. The van der Waals surface area contributed by atoms with Gasteiger partial charge >= 0.3 is 0 Å². The Bertz CT molecular complexity index is 364. The summed E-state index contributed by atoms with van der Waals surface area (Å²) in [6.07, 6.45) is 0.700. The Hall–Kier alpha value is -1.06. The maximum absolute atomic E-state index is 9.24. The first-order valence-electron chi connectivity index (χ1n) is 6.55. The first-order valence-corrected chi connectivity index (χ1v) is 6.55. The Kier molecular flexibility index (Phi) is 6.16. The van der Waals surface area contributed by atoms with Crippen LogP contribution in [0.4, 0.5) is 0 Å². The molecule has 0 fully saturated rings. The van der Waals surface area contributed by atoms with Crippen LogP contribution in [0.25, 0.3) is 0 Å². The molecule has 0 amide bonds. The zero-order chi connectivity index (χ0) is 13.5. The van der Waals surface area contributed by atoms with Gasteiger partial charge in [0.05, 0.1) is 12.7 Å². The molecule has 1 aromatic carbocycles. The highest BCUT2D eigenvalue weighted by atomic mass is 16.5. The molecule has 1 aromatic rings. The van der Waals surface area contributed by atoms with E-state index in [0.717, 1.165) is 18.7 Å². The average molecular weight is 251 g/mol. The Morgan fingerprint density at radius 2 is 2.00 bits per heavy atom. The summed E-state index contributed by atoms with van der Waals surface area (Å²) in [5.41, 5.74) is 2.55. The van der Waals surface area contributed by atoms with Gasteiger partial charge in [-0.1, -0.05) is 6.07 Å². The Morgan fingerprint density at radius 3 is 2.61 bits per heavy atom. The van der Waals surface area contributed by atoms with E-state index in [1.165, 1.54) is 11.1 Å². The van der Waals surface area contributed by atoms with Gasteiger partial charge in [0, 0.05) is 13.1 Å². The fourth-order valence-electron chi connectivity index (χ4n) is 1.87. The van der Waals surface area contributed by atoms with Crippen molar-refractivity contribution in [1.29, 1.82) is 0 Å². The molecule has 1 atom stereocenters. The molecule has 3 heteroatoms. The minimum Gasteiger partial charge on any atom is -0.494 e. The summed E-state index contributed by atoms with van der Waals surface area (Å²) in [7, 11) is 2.02. The minimum atomic E-state index is -0.268. The quantitative estimate of drug-likeness (QED) is 0.755. The van der Waals surface area contributed by atoms with E-state index < -0.39 is 0 Å². The largest absolute Gasteiger partial charge is 0.494 e. The van der Waals surface area contributed by atoms with Crippen molar-refractivity contribution in [3.63, 3.8) is 0 Å². The van der Waals surface area contributed by atoms with Crippen molar-refractivity contribution in [2.24, 2.45) is 0 Å². The predicted octanol–water partition coefficient (Wildman–Crippen LogP) is 2.38. The zero-order valence-electron chi connectivity index (χ0n) is 11.9. The van der Waals surface area contributed by atoms with Crippen LogP contribution in [0.3, 0.4) is 0 Å². The van der Waals surface area contributed by atoms with Crippen LogP contribution in [0.5, 0.6) is 5.75 Å². The summed E-state index contributed by atoms with van der Waals surface area (Å²) in [5.74, 6) is 0.941. The van der Waals surface area contributed by atoms with Crippen LogP contribution in [0, 0.1) is 13.8 Å². The van der Waals surface area contributed by atoms with E-state index in [1.807, 2.05) is 20.0 Å². The SMILES string of the molecule is Cc1ccc(OCCCN(C)CC(C)O)cc1C. The fourth-order valence-corrected chi connectivity index (χ4v) is 1.87. The third kappa shape index (κ3) is 5.52. The molecule has 0 aliphatic rings. The maximum Gasteiger partial charge on any atom is 0.119 e. The molecule has 0 heterocycles. The van der Waals surface area contributed by atoms with Gasteiger partial charge in [-0.05, 0) is 57.5 Å². The van der Waals surface area contributed by atoms with E-state index in [-0.39, 0.29) is 6.10 Å². The predicted molar refractivity (Wildman–Crippen MR) is 75.2 cm³/mol. The Morgan fingerprint density at radius 1 is 1.28 bits per heavy atom. The van der Waals surface area contributed by atoms with Crippen molar-refractivity contribution in [2.75, 3.05) is 26.7 Å². The van der Waals surface area contributed by atoms with Crippen molar-refractivity contribution in [3.05, 3.63) is 29.3 Å². The van der Waals surface area contributed by atoms with Gasteiger partial charge in [0.25, 0.3) is 0 Å². The van der Waals surface area contributed by atoms with Crippen LogP contribution < -0.4 is 4.74 Å². The topological polar surface area (TPSA) is 32.7 Å².